The average molecular weight is 233 g/mol. The van der Waals surface area contributed by atoms with Gasteiger partial charge in [-0.05, 0) is 48.4 Å². The predicted octanol–water partition coefficient (Wildman–Crippen LogP) is 3.27. The smallest absolute Gasteiger partial charge is 0.122 e. The highest BCUT2D eigenvalue weighted by Crippen LogP contribution is 2.45. The molecule has 1 atom stereocenters. The van der Waals surface area contributed by atoms with Crippen molar-refractivity contribution in [1.29, 1.82) is 0 Å². The minimum absolute atomic E-state index is 0.478. The van der Waals surface area contributed by atoms with E-state index in [1.807, 2.05) is 0 Å². The van der Waals surface area contributed by atoms with Crippen LogP contribution in [0.4, 0.5) is 0 Å². The van der Waals surface area contributed by atoms with E-state index in [-0.39, 0.29) is 0 Å². The average Bonchev–Trinajstić information content (AvgIpc) is 3.14. The van der Waals surface area contributed by atoms with E-state index in [0.29, 0.717) is 11.8 Å². The van der Waals surface area contributed by atoms with Gasteiger partial charge in [0.25, 0.3) is 0 Å². The SMILES string of the molecule is COc1cc(C(C)C)ccc1C(CN)C1CC1. The molecule has 0 bridgehead atoms. The van der Waals surface area contributed by atoms with E-state index < -0.39 is 0 Å². The highest BCUT2D eigenvalue weighted by molar-refractivity contribution is 5.42. The van der Waals surface area contributed by atoms with Crippen LogP contribution in [0.5, 0.6) is 5.75 Å². The maximum absolute atomic E-state index is 5.91. The Hall–Kier alpha value is -1.02. The Morgan fingerprint density at radius 2 is 2.06 bits per heavy atom. The fourth-order valence-corrected chi connectivity index (χ4v) is 2.47. The molecule has 0 saturated heterocycles. The van der Waals surface area contributed by atoms with Gasteiger partial charge < -0.3 is 10.5 Å². The standard InChI is InChI=1S/C15H23NO/c1-10(2)12-6-7-13(15(8-12)17-3)14(9-16)11-4-5-11/h6-8,10-11,14H,4-5,9,16H2,1-3H3. The summed E-state index contributed by atoms with van der Waals surface area (Å²) in [5, 5.41) is 0. The molecule has 17 heavy (non-hydrogen) atoms. The van der Waals surface area contributed by atoms with E-state index in [1.165, 1.54) is 24.0 Å². The Morgan fingerprint density at radius 3 is 2.53 bits per heavy atom. The molecule has 2 rings (SSSR count). The molecule has 1 aliphatic rings. The van der Waals surface area contributed by atoms with E-state index in [1.54, 1.807) is 7.11 Å². The molecule has 0 heterocycles. The number of hydrogen-bond acceptors (Lipinski definition) is 2. The second-order valence-corrected chi connectivity index (χ2v) is 5.34. The first-order chi connectivity index (χ1) is 8.17. The monoisotopic (exact) mass is 233 g/mol. The molecule has 1 aromatic rings. The number of hydrogen-bond donors (Lipinski definition) is 1. The van der Waals surface area contributed by atoms with Gasteiger partial charge >= 0.3 is 0 Å². The first kappa shape index (κ1) is 12.4. The van der Waals surface area contributed by atoms with Crippen LogP contribution in [0.25, 0.3) is 0 Å². The summed E-state index contributed by atoms with van der Waals surface area (Å²) in [4.78, 5) is 0. The lowest BCUT2D eigenvalue weighted by Crippen LogP contribution is -2.15. The molecule has 2 nitrogen and oxygen atoms in total. The van der Waals surface area contributed by atoms with Gasteiger partial charge in [-0.2, -0.15) is 0 Å². The van der Waals surface area contributed by atoms with Crippen LogP contribution in [-0.4, -0.2) is 13.7 Å². The third kappa shape index (κ3) is 2.63. The van der Waals surface area contributed by atoms with Gasteiger partial charge in [0.1, 0.15) is 5.75 Å². The van der Waals surface area contributed by atoms with Crippen molar-refractivity contribution in [3.63, 3.8) is 0 Å². The predicted molar refractivity (Wildman–Crippen MR) is 71.6 cm³/mol. The first-order valence-corrected chi connectivity index (χ1v) is 6.55. The zero-order valence-electron chi connectivity index (χ0n) is 11.1. The van der Waals surface area contributed by atoms with E-state index in [0.717, 1.165) is 18.2 Å². The van der Waals surface area contributed by atoms with Crippen LogP contribution in [0.15, 0.2) is 18.2 Å². The van der Waals surface area contributed by atoms with Gasteiger partial charge in [0, 0.05) is 5.92 Å². The third-order valence-corrected chi connectivity index (χ3v) is 3.77. The van der Waals surface area contributed by atoms with Crippen molar-refractivity contribution >= 4 is 0 Å². The Bertz CT molecular complexity index is 383. The lowest BCUT2D eigenvalue weighted by molar-refractivity contribution is 0.402. The summed E-state index contributed by atoms with van der Waals surface area (Å²) in [6.07, 6.45) is 2.63. The molecule has 1 fully saturated rings. The van der Waals surface area contributed by atoms with Crippen molar-refractivity contribution < 1.29 is 4.74 Å². The van der Waals surface area contributed by atoms with Crippen LogP contribution in [0.1, 0.15) is 49.7 Å². The minimum Gasteiger partial charge on any atom is -0.496 e. The van der Waals surface area contributed by atoms with Crippen LogP contribution in [-0.2, 0) is 0 Å². The summed E-state index contributed by atoms with van der Waals surface area (Å²) in [6.45, 7) is 5.13. The van der Waals surface area contributed by atoms with Gasteiger partial charge in [-0.1, -0.05) is 26.0 Å². The number of ether oxygens (including phenoxy) is 1. The van der Waals surface area contributed by atoms with E-state index in [9.17, 15) is 0 Å². The van der Waals surface area contributed by atoms with E-state index in [4.69, 9.17) is 10.5 Å². The van der Waals surface area contributed by atoms with Gasteiger partial charge in [0.15, 0.2) is 0 Å². The molecule has 0 aromatic heterocycles. The number of benzene rings is 1. The molecule has 2 heteroatoms. The molecule has 0 radical (unpaired) electrons. The molecule has 0 amide bonds. The van der Waals surface area contributed by atoms with E-state index in [2.05, 4.69) is 32.0 Å². The quantitative estimate of drug-likeness (QED) is 0.847. The summed E-state index contributed by atoms with van der Waals surface area (Å²) >= 11 is 0. The van der Waals surface area contributed by atoms with Gasteiger partial charge in [-0.15, -0.1) is 0 Å². The number of nitrogens with two attached hydrogens (primary N) is 1. The molecular formula is C15H23NO. The maximum atomic E-state index is 5.91. The number of methoxy groups -OCH3 is 1. The third-order valence-electron chi connectivity index (χ3n) is 3.77. The Morgan fingerprint density at radius 1 is 1.35 bits per heavy atom. The van der Waals surface area contributed by atoms with Crippen molar-refractivity contribution in [1.82, 2.24) is 0 Å². The van der Waals surface area contributed by atoms with Gasteiger partial charge in [0.05, 0.1) is 7.11 Å². The van der Waals surface area contributed by atoms with Crippen LogP contribution < -0.4 is 10.5 Å². The highest BCUT2D eigenvalue weighted by atomic mass is 16.5. The highest BCUT2D eigenvalue weighted by Gasteiger charge is 2.32. The van der Waals surface area contributed by atoms with Crippen molar-refractivity contribution in [3.8, 4) is 5.75 Å². The molecule has 1 unspecified atom stereocenters. The largest absolute Gasteiger partial charge is 0.496 e. The topological polar surface area (TPSA) is 35.2 Å². The van der Waals surface area contributed by atoms with Crippen LogP contribution in [0.2, 0.25) is 0 Å². The van der Waals surface area contributed by atoms with Crippen LogP contribution in [0, 0.1) is 5.92 Å². The summed E-state index contributed by atoms with van der Waals surface area (Å²) in [5.74, 6) is 2.80. The zero-order valence-corrected chi connectivity index (χ0v) is 11.1. The van der Waals surface area contributed by atoms with E-state index >= 15 is 0 Å². The van der Waals surface area contributed by atoms with Crippen LogP contribution >= 0.6 is 0 Å². The van der Waals surface area contributed by atoms with Gasteiger partial charge in [-0.25, -0.2) is 0 Å². The summed E-state index contributed by atoms with van der Waals surface area (Å²) in [6, 6.07) is 6.60. The lowest BCUT2D eigenvalue weighted by Gasteiger charge is -2.19. The first-order valence-electron chi connectivity index (χ1n) is 6.55. The molecule has 0 spiro atoms. The molecule has 0 aliphatic heterocycles. The molecular weight excluding hydrogens is 210 g/mol. The lowest BCUT2D eigenvalue weighted by atomic mass is 9.91. The normalized spacial score (nSPS) is 17.2. The summed E-state index contributed by atoms with van der Waals surface area (Å²) in [5.41, 5.74) is 8.54. The fourth-order valence-electron chi connectivity index (χ4n) is 2.47. The second kappa shape index (κ2) is 5.09. The van der Waals surface area contributed by atoms with Crippen molar-refractivity contribution in [3.05, 3.63) is 29.3 Å². The summed E-state index contributed by atoms with van der Waals surface area (Å²) < 4.78 is 5.54. The Kier molecular flexibility index (Phi) is 3.72. The Balaban J connectivity index is 2.32. The molecule has 1 saturated carbocycles. The van der Waals surface area contributed by atoms with Crippen molar-refractivity contribution in [2.75, 3.05) is 13.7 Å². The maximum Gasteiger partial charge on any atom is 0.122 e. The molecule has 1 aliphatic carbocycles. The Labute approximate surface area is 104 Å². The molecule has 1 aromatic carbocycles. The van der Waals surface area contributed by atoms with Crippen molar-refractivity contribution in [2.24, 2.45) is 11.7 Å². The summed E-state index contributed by atoms with van der Waals surface area (Å²) in [7, 11) is 1.75. The zero-order chi connectivity index (χ0) is 12.4. The molecule has 94 valence electrons. The van der Waals surface area contributed by atoms with Gasteiger partial charge in [-0.3, -0.25) is 0 Å². The van der Waals surface area contributed by atoms with Crippen molar-refractivity contribution in [2.45, 2.75) is 38.5 Å². The molecule has 2 N–H and O–H groups in total. The van der Waals surface area contributed by atoms with Gasteiger partial charge in [0.2, 0.25) is 0 Å². The fraction of sp³-hybridized carbons (Fsp3) is 0.600. The minimum atomic E-state index is 0.478. The van der Waals surface area contributed by atoms with Crippen LogP contribution in [0.3, 0.4) is 0 Å². The second-order valence-electron chi connectivity index (χ2n) is 5.34. The number of rotatable bonds is 5.